The van der Waals surface area contributed by atoms with Gasteiger partial charge in [-0.25, -0.2) is 13.4 Å². The van der Waals surface area contributed by atoms with Crippen LogP contribution in [0.25, 0.3) is 22.4 Å². The van der Waals surface area contributed by atoms with Crippen molar-refractivity contribution in [2.45, 2.75) is 18.7 Å². The van der Waals surface area contributed by atoms with Gasteiger partial charge in [-0.15, -0.1) is 11.3 Å². The first-order chi connectivity index (χ1) is 14.9. The highest BCUT2D eigenvalue weighted by Crippen LogP contribution is 2.34. The quantitative estimate of drug-likeness (QED) is 0.420. The predicted octanol–water partition coefficient (Wildman–Crippen LogP) is 5.00. The van der Waals surface area contributed by atoms with Crippen LogP contribution in [0.3, 0.4) is 0 Å². The number of hydrogen-bond acceptors (Lipinski definition) is 7. The van der Waals surface area contributed by atoms with E-state index >= 15 is 0 Å². The zero-order valence-corrected chi connectivity index (χ0v) is 18.5. The van der Waals surface area contributed by atoms with Gasteiger partial charge in [0.2, 0.25) is 0 Å². The van der Waals surface area contributed by atoms with Crippen LogP contribution in [0.4, 0.5) is 5.13 Å². The maximum absolute atomic E-state index is 12.5. The summed E-state index contributed by atoms with van der Waals surface area (Å²) < 4.78 is 35.4. The van der Waals surface area contributed by atoms with Crippen LogP contribution in [0.2, 0.25) is 0 Å². The molecule has 2 heterocycles. The van der Waals surface area contributed by atoms with Gasteiger partial charge in [-0.05, 0) is 43.3 Å². The number of furan rings is 1. The minimum atomic E-state index is -3.31. The van der Waals surface area contributed by atoms with Crippen molar-refractivity contribution >= 4 is 43.2 Å². The van der Waals surface area contributed by atoms with Crippen LogP contribution in [0.1, 0.15) is 24.2 Å². The number of nitrogens with zero attached hydrogens (tertiary/aromatic N) is 1. The number of nitrogens with one attached hydrogen (secondary N) is 1. The SMILES string of the molecule is CCOc1cccc2cc(-c3csc(NC(=O)c4ccc(S(=O)(=O)CC)cc4)n3)oc12. The van der Waals surface area contributed by atoms with Crippen molar-refractivity contribution in [3.8, 4) is 17.2 Å². The molecule has 4 aromatic rings. The highest BCUT2D eigenvalue weighted by atomic mass is 32.2. The molecule has 0 fully saturated rings. The molecular weight excluding hydrogens is 436 g/mol. The Kier molecular flexibility index (Phi) is 5.79. The van der Waals surface area contributed by atoms with Gasteiger partial charge in [-0.1, -0.05) is 19.1 Å². The summed E-state index contributed by atoms with van der Waals surface area (Å²) in [6.07, 6.45) is 0. The van der Waals surface area contributed by atoms with Crippen LogP contribution in [-0.2, 0) is 9.84 Å². The second kappa shape index (κ2) is 8.52. The van der Waals surface area contributed by atoms with Crippen LogP contribution < -0.4 is 10.1 Å². The molecule has 0 aliphatic carbocycles. The minimum absolute atomic E-state index is 0.00822. The Morgan fingerprint density at radius 1 is 1.16 bits per heavy atom. The number of amides is 1. The molecule has 2 aromatic carbocycles. The van der Waals surface area contributed by atoms with Crippen molar-refractivity contribution in [1.29, 1.82) is 0 Å². The normalized spacial score (nSPS) is 11.5. The number of fused-ring (bicyclic) bond motifs is 1. The van der Waals surface area contributed by atoms with E-state index in [9.17, 15) is 13.2 Å². The molecule has 7 nitrogen and oxygen atoms in total. The average molecular weight is 457 g/mol. The first-order valence-electron chi connectivity index (χ1n) is 9.66. The fraction of sp³-hybridized carbons (Fsp3) is 0.182. The molecule has 0 radical (unpaired) electrons. The smallest absolute Gasteiger partial charge is 0.257 e. The summed E-state index contributed by atoms with van der Waals surface area (Å²) in [5.41, 5.74) is 1.60. The van der Waals surface area contributed by atoms with Crippen LogP contribution >= 0.6 is 11.3 Å². The van der Waals surface area contributed by atoms with Crippen LogP contribution in [0.15, 0.2) is 63.2 Å². The molecule has 0 bridgehead atoms. The minimum Gasteiger partial charge on any atom is -0.490 e. The van der Waals surface area contributed by atoms with Crippen LogP contribution in [0, 0.1) is 0 Å². The second-order valence-corrected chi connectivity index (χ2v) is 9.77. The monoisotopic (exact) mass is 456 g/mol. The van der Waals surface area contributed by atoms with Crippen LogP contribution in [-0.4, -0.2) is 31.7 Å². The summed E-state index contributed by atoms with van der Waals surface area (Å²) in [4.78, 5) is 17.2. The van der Waals surface area contributed by atoms with E-state index in [0.29, 0.717) is 40.1 Å². The van der Waals surface area contributed by atoms with E-state index in [1.54, 1.807) is 12.3 Å². The van der Waals surface area contributed by atoms with Gasteiger partial charge in [-0.3, -0.25) is 10.1 Å². The lowest BCUT2D eigenvalue weighted by atomic mass is 10.2. The third-order valence-corrected chi connectivity index (χ3v) is 7.15. The predicted molar refractivity (Wildman–Crippen MR) is 121 cm³/mol. The van der Waals surface area contributed by atoms with Gasteiger partial charge in [0.15, 0.2) is 32.1 Å². The Morgan fingerprint density at radius 3 is 2.65 bits per heavy atom. The first-order valence-corrected chi connectivity index (χ1v) is 12.2. The zero-order valence-electron chi connectivity index (χ0n) is 16.9. The topological polar surface area (TPSA) is 98.5 Å². The molecule has 1 amide bonds. The lowest BCUT2D eigenvalue weighted by Gasteiger charge is -2.04. The van der Waals surface area contributed by atoms with E-state index in [1.165, 1.54) is 35.6 Å². The van der Waals surface area contributed by atoms with E-state index < -0.39 is 9.84 Å². The molecule has 0 saturated heterocycles. The van der Waals surface area contributed by atoms with E-state index in [1.807, 2.05) is 31.2 Å². The average Bonchev–Trinajstić information content (AvgIpc) is 3.41. The number of carbonyl (C=O) groups is 1. The summed E-state index contributed by atoms with van der Waals surface area (Å²) in [7, 11) is -3.31. The summed E-state index contributed by atoms with van der Waals surface area (Å²) in [5, 5.41) is 5.85. The molecule has 9 heteroatoms. The maximum atomic E-state index is 12.5. The highest BCUT2D eigenvalue weighted by molar-refractivity contribution is 7.91. The molecule has 0 atom stereocenters. The van der Waals surface area contributed by atoms with Crippen molar-refractivity contribution in [3.05, 3.63) is 59.5 Å². The molecular formula is C22H20N2O5S2. The number of thiazole rings is 1. The van der Waals surface area contributed by atoms with Crippen molar-refractivity contribution in [3.63, 3.8) is 0 Å². The number of carbonyl (C=O) groups excluding carboxylic acids is 1. The first kappa shape index (κ1) is 21.1. The molecule has 31 heavy (non-hydrogen) atoms. The van der Waals surface area contributed by atoms with Crippen molar-refractivity contribution < 1.29 is 22.4 Å². The second-order valence-electron chi connectivity index (χ2n) is 6.64. The van der Waals surface area contributed by atoms with Crippen LogP contribution in [0.5, 0.6) is 5.75 Å². The standard InChI is InChI=1S/C22H20N2O5S2/c1-3-28-18-7-5-6-15-12-19(29-20(15)18)17-13-30-22(23-17)24-21(25)14-8-10-16(11-9-14)31(26,27)4-2/h5-13H,3-4H2,1-2H3,(H,23,24,25). The molecule has 0 aliphatic rings. The van der Waals surface area contributed by atoms with Crippen molar-refractivity contribution in [2.75, 3.05) is 17.7 Å². The van der Waals surface area contributed by atoms with E-state index in [0.717, 1.165) is 5.39 Å². The summed E-state index contributed by atoms with van der Waals surface area (Å²) in [6.45, 7) is 4.03. The van der Waals surface area contributed by atoms with Gasteiger partial charge < -0.3 is 9.15 Å². The van der Waals surface area contributed by atoms with Gasteiger partial charge in [0.25, 0.3) is 5.91 Å². The molecule has 0 spiro atoms. The lowest BCUT2D eigenvalue weighted by Crippen LogP contribution is -2.12. The fourth-order valence-electron chi connectivity index (χ4n) is 3.03. The molecule has 0 aliphatic heterocycles. The third-order valence-electron chi connectivity index (χ3n) is 4.64. The Balaban J connectivity index is 1.52. The number of anilines is 1. The van der Waals surface area contributed by atoms with Crippen molar-refractivity contribution in [1.82, 2.24) is 4.98 Å². The number of ether oxygens (including phenoxy) is 1. The lowest BCUT2D eigenvalue weighted by molar-refractivity contribution is 0.102. The Bertz CT molecular complexity index is 1340. The zero-order chi connectivity index (χ0) is 22.0. The fourth-order valence-corrected chi connectivity index (χ4v) is 4.60. The van der Waals surface area contributed by atoms with E-state index in [2.05, 4.69) is 10.3 Å². The highest BCUT2D eigenvalue weighted by Gasteiger charge is 2.16. The number of rotatable bonds is 7. The molecule has 0 saturated carbocycles. The Labute approximate surface area is 183 Å². The van der Waals surface area contributed by atoms with Gasteiger partial charge in [-0.2, -0.15) is 0 Å². The Hall–Kier alpha value is -3.17. The Morgan fingerprint density at radius 2 is 1.94 bits per heavy atom. The number of hydrogen-bond donors (Lipinski definition) is 1. The number of sulfone groups is 1. The number of para-hydroxylation sites is 1. The molecule has 4 rings (SSSR count). The summed E-state index contributed by atoms with van der Waals surface area (Å²) >= 11 is 1.27. The molecule has 2 aromatic heterocycles. The van der Waals surface area contributed by atoms with Gasteiger partial charge >= 0.3 is 0 Å². The summed E-state index contributed by atoms with van der Waals surface area (Å²) in [5.74, 6) is 0.884. The number of aromatic nitrogens is 1. The molecule has 1 N–H and O–H groups in total. The van der Waals surface area contributed by atoms with Gasteiger partial charge in [0.1, 0.15) is 5.69 Å². The molecule has 160 valence electrons. The van der Waals surface area contributed by atoms with Gasteiger partial charge in [0, 0.05) is 16.3 Å². The maximum Gasteiger partial charge on any atom is 0.257 e. The molecule has 0 unspecified atom stereocenters. The van der Waals surface area contributed by atoms with Gasteiger partial charge in [0.05, 0.1) is 17.3 Å². The summed E-state index contributed by atoms with van der Waals surface area (Å²) in [6, 6.07) is 13.4. The largest absolute Gasteiger partial charge is 0.490 e. The third kappa shape index (κ3) is 4.33. The van der Waals surface area contributed by atoms with E-state index in [4.69, 9.17) is 9.15 Å². The van der Waals surface area contributed by atoms with E-state index in [-0.39, 0.29) is 16.6 Å². The van der Waals surface area contributed by atoms with Crippen molar-refractivity contribution in [2.24, 2.45) is 0 Å². The number of benzene rings is 2.